The number of nitrogens with one attached hydrogen (secondary N) is 2. The standard InChI is InChI=1S/C25H26N2O6/c28-23(29)10-22(24(30)26-21-9-14-11-32-12-19(14)21)27-25(31)33-13-20-17-7-3-1-5-15(17)16-6-2-4-8-18(16)20/h1-8,14,19-22H,9-13H2,(H,26,30)(H,27,31)(H,28,29). The first-order valence-electron chi connectivity index (χ1n) is 11.2. The summed E-state index contributed by atoms with van der Waals surface area (Å²) >= 11 is 0. The molecule has 3 aliphatic rings. The highest BCUT2D eigenvalue weighted by Crippen LogP contribution is 2.44. The molecule has 1 saturated carbocycles. The Morgan fingerprint density at radius 2 is 1.70 bits per heavy atom. The van der Waals surface area contributed by atoms with E-state index in [0.29, 0.717) is 19.1 Å². The van der Waals surface area contributed by atoms with Gasteiger partial charge in [-0.25, -0.2) is 4.79 Å². The molecule has 4 atom stereocenters. The third-order valence-corrected chi connectivity index (χ3v) is 6.98. The minimum Gasteiger partial charge on any atom is -0.481 e. The summed E-state index contributed by atoms with van der Waals surface area (Å²) in [5, 5.41) is 14.5. The molecule has 2 aliphatic carbocycles. The fraction of sp³-hybridized carbons (Fsp3) is 0.400. The van der Waals surface area contributed by atoms with Crippen molar-refractivity contribution in [2.45, 2.75) is 30.8 Å². The second kappa shape index (κ2) is 8.86. The van der Waals surface area contributed by atoms with Crippen LogP contribution in [0.5, 0.6) is 0 Å². The lowest BCUT2D eigenvalue weighted by atomic mass is 9.71. The molecule has 8 heteroatoms. The van der Waals surface area contributed by atoms with Gasteiger partial charge in [0.05, 0.1) is 13.0 Å². The number of hydrogen-bond acceptors (Lipinski definition) is 5. The van der Waals surface area contributed by atoms with Crippen LogP contribution < -0.4 is 10.6 Å². The fourth-order valence-corrected chi connectivity index (χ4v) is 5.22. The number of alkyl carbamates (subject to hydrolysis) is 1. The lowest BCUT2D eigenvalue weighted by Gasteiger charge is -2.39. The topological polar surface area (TPSA) is 114 Å². The van der Waals surface area contributed by atoms with E-state index in [1.807, 2.05) is 48.5 Å². The number of carbonyl (C=O) groups excluding carboxylic acids is 2. The minimum atomic E-state index is -1.21. The minimum absolute atomic E-state index is 0.0504. The molecule has 1 saturated heterocycles. The van der Waals surface area contributed by atoms with Gasteiger partial charge in [-0.3, -0.25) is 9.59 Å². The molecule has 1 heterocycles. The summed E-state index contributed by atoms with van der Waals surface area (Å²) in [6, 6.07) is 14.7. The zero-order chi connectivity index (χ0) is 22.9. The Labute approximate surface area is 191 Å². The average Bonchev–Trinajstić information content (AvgIpc) is 3.33. The maximum absolute atomic E-state index is 12.7. The van der Waals surface area contributed by atoms with Crippen molar-refractivity contribution < 1.29 is 29.0 Å². The molecule has 2 aromatic carbocycles. The molecule has 5 rings (SSSR count). The summed E-state index contributed by atoms with van der Waals surface area (Å²) in [6.07, 6.45) is -0.525. The van der Waals surface area contributed by atoms with Crippen LogP contribution in [0.1, 0.15) is 29.9 Å². The number of carboxylic acid groups (broad SMARTS) is 1. The summed E-state index contributed by atoms with van der Waals surface area (Å²) < 4.78 is 10.9. The monoisotopic (exact) mass is 450 g/mol. The van der Waals surface area contributed by atoms with Gasteiger partial charge in [0.15, 0.2) is 0 Å². The Morgan fingerprint density at radius 3 is 2.33 bits per heavy atom. The predicted molar refractivity (Wildman–Crippen MR) is 119 cm³/mol. The number of benzene rings is 2. The Balaban J connectivity index is 1.21. The van der Waals surface area contributed by atoms with Crippen molar-refractivity contribution in [1.29, 1.82) is 0 Å². The van der Waals surface area contributed by atoms with Crippen molar-refractivity contribution in [1.82, 2.24) is 10.6 Å². The Morgan fingerprint density at radius 1 is 1.03 bits per heavy atom. The first kappa shape index (κ1) is 21.5. The SMILES string of the molecule is O=C(O)CC(NC(=O)OCC1c2ccccc2-c2ccccc21)C(=O)NC1CC2COCC21. The van der Waals surface area contributed by atoms with Crippen LogP contribution in [-0.2, 0) is 19.1 Å². The van der Waals surface area contributed by atoms with E-state index < -0.39 is 30.4 Å². The van der Waals surface area contributed by atoms with Gasteiger partial charge in [0, 0.05) is 24.5 Å². The van der Waals surface area contributed by atoms with Gasteiger partial charge in [-0.1, -0.05) is 48.5 Å². The summed E-state index contributed by atoms with van der Waals surface area (Å²) in [7, 11) is 0. The number of aliphatic carboxylic acids is 1. The first-order valence-corrected chi connectivity index (χ1v) is 11.2. The van der Waals surface area contributed by atoms with Gasteiger partial charge in [0.1, 0.15) is 12.6 Å². The van der Waals surface area contributed by atoms with E-state index in [-0.39, 0.29) is 24.5 Å². The van der Waals surface area contributed by atoms with E-state index in [4.69, 9.17) is 9.47 Å². The molecule has 4 unspecified atom stereocenters. The van der Waals surface area contributed by atoms with Crippen LogP contribution in [0, 0.1) is 11.8 Å². The van der Waals surface area contributed by atoms with Crippen LogP contribution in [0.15, 0.2) is 48.5 Å². The fourth-order valence-electron chi connectivity index (χ4n) is 5.22. The number of amides is 2. The van der Waals surface area contributed by atoms with Crippen LogP contribution in [0.25, 0.3) is 11.1 Å². The molecule has 0 bridgehead atoms. The number of rotatable bonds is 7. The normalized spacial score (nSPS) is 23.5. The molecular weight excluding hydrogens is 424 g/mol. The van der Waals surface area contributed by atoms with Crippen molar-refractivity contribution in [2.24, 2.45) is 11.8 Å². The van der Waals surface area contributed by atoms with Crippen molar-refractivity contribution in [3.63, 3.8) is 0 Å². The summed E-state index contributed by atoms with van der Waals surface area (Å²) in [5.41, 5.74) is 4.37. The number of ether oxygens (including phenoxy) is 2. The van der Waals surface area contributed by atoms with Crippen molar-refractivity contribution >= 4 is 18.0 Å². The Hall–Kier alpha value is -3.39. The van der Waals surface area contributed by atoms with Crippen LogP contribution in [0.4, 0.5) is 4.79 Å². The molecule has 172 valence electrons. The number of carbonyl (C=O) groups is 3. The maximum Gasteiger partial charge on any atom is 0.407 e. The van der Waals surface area contributed by atoms with Crippen LogP contribution in [-0.4, -0.2) is 55.0 Å². The smallest absolute Gasteiger partial charge is 0.407 e. The zero-order valence-corrected chi connectivity index (χ0v) is 18.0. The predicted octanol–water partition coefficient (Wildman–Crippen LogP) is 2.52. The highest BCUT2D eigenvalue weighted by Gasteiger charge is 2.46. The van der Waals surface area contributed by atoms with E-state index in [1.54, 1.807) is 0 Å². The van der Waals surface area contributed by atoms with Crippen LogP contribution in [0.2, 0.25) is 0 Å². The molecule has 33 heavy (non-hydrogen) atoms. The number of fused-ring (bicyclic) bond motifs is 4. The van der Waals surface area contributed by atoms with Crippen molar-refractivity contribution in [3.05, 3.63) is 59.7 Å². The maximum atomic E-state index is 12.7. The molecule has 0 aromatic heterocycles. The van der Waals surface area contributed by atoms with E-state index in [2.05, 4.69) is 10.6 Å². The Bertz CT molecular complexity index is 1040. The van der Waals surface area contributed by atoms with Gasteiger partial charge in [0.2, 0.25) is 5.91 Å². The van der Waals surface area contributed by atoms with Crippen LogP contribution >= 0.6 is 0 Å². The van der Waals surface area contributed by atoms with Crippen LogP contribution in [0.3, 0.4) is 0 Å². The highest BCUT2D eigenvalue weighted by molar-refractivity contribution is 5.89. The van der Waals surface area contributed by atoms with Gasteiger partial charge in [-0.2, -0.15) is 0 Å². The summed E-state index contributed by atoms with van der Waals surface area (Å²) in [5.74, 6) is -1.10. The number of carboxylic acids is 1. The lowest BCUT2D eigenvalue weighted by Crippen LogP contribution is -2.57. The second-order valence-electron chi connectivity index (χ2n) is 8.93. The number of hydrogen-bond donors (Lipinski definition) is 3. The molecular formula is C25H26N2O6. The summed E-state index contributed by atoms with van der Waals surface area (Å²) in [4.78, 5) is 36.6. The van der Waals surface area contributed by atoms with E-state index >= 15 is 0 Å². The second-order valence-corrected chi connectivity index (χ2v) is 8.93. The van der Waals surface area contributed by atoms with Gasteiger partial charge in [0.25, 0.3) is 0 Å². The van der Waals surface area contributed by atoms with Crippen molar-refractivity contribution in [3.8, 4) is 11.1 Å². The molecule has 2 fully saturated rings. The van der Waals surface area contributed by atoms with Gasteiger partial charge in [-0.15, -0.1) is 0 Å². The first-order chi connectivity index (χ1) is 16.0. The van der Waals surface area contributed by atoms with Gasteiger partial charge >= 0.3 is 12.1 Å². The molecule has 1 aliphatic heterocycles. The third kappa shape index (κ3) is 4.18. The zero-order valence-electron chi connectivity index (χ0n) is 18.0. The Kier molecular flexibility index (Phi) is 5.76. The largest absolute Gasteiger partial charge is 0.481 e. The quantitative estimate of drug-likeness (QED) is 0.597. The van der Waals surface area contributed by atoms with E-state index in [9.17, 15) is 19.5 Å². The average molecular weight is 450 g/mol. The summed E-state index contributed by atoms with van der Waals surface area (Å²) in [6.45, 7) is 1.39. The molecule has 0 spiro atoms. The molecule has 3 N–H and O–H groups in total. The van der Waals surface area contributed by atoms with Crippen molar-refractivity contribution in [2.75, 3.05) is 19.8 Å². The van der Waals surface area contributed by atoms with Gasteiger partial charge < -0.3 is 25.2 Å². The molecule has 0 radical (unpaired) electrons. The van der Waals surface area contributed by atoms with Gasteiger partial charge in [-0.05, 0) is 34.6 Å². The highest BCUT2D eigenvalue weighted by atomic mass is 16.5. The third-order valence-electron chi connectivity index (χ3n) is 6.98. The van der Waals surface area contributed by atoms with E-state index in [1.165, 1.54) is 0 Å². The molecule has 2 aromatic rings. The molecule has 8 nitrogen and oxygen atoms in total. The van der Waals surface area contributed by atoms with E-state index in [0.717, 1.165) is 28.7 Å². The molecule has 2 amide bonds. The lowest BCUT2D eigenvalue weighted by molar-refractivity contribution is -0.140.